The van der Waals surface area contributed by atoms with Crippen molar-refractivity contribution in [3.63, 3.8) is 0 Å². The molecule has 28 heavy (non-hydrogen) atoms. The summed E-state index contributed by atoms with van der Waals surface area (Å²) in [5, 5.41) is 14.0. The molecule has 0 fully saturated rings. The number of fused-ring (bicyclic) bond motifs is 1. The van der Waals surface area contributed by atoms with Crippen molar-refractivity contribution in [1.82, 2.24) is 30.0 Å². The molecule has 1 aromatic heterocycles. The van der Waals surface area contributed by atoms with Gasteiger partial charge in [-0.3, -0.25) is 4.90 Å². The number of urea groups is 1. The van der Waals surface area contributed by atoms with Crippen LogP contribution in [0.2, 0.25) is 0 Å². The second-order valence-corrected chi connectivity index (χ2v) is 7.15. The van der Waals surface area contributed by atoms with Crippen molar-refractivity contribution in [2.24, 2.45) is 0 Å². The van der Waals surface area contributed by atoms with Crippen molar-refractivity contribution in [2.75, 3.05) is 26.0 Å². The summed E-state index contributed by atoms with van der Waals surface area (Å²) in [5.41, 5.74) is 4.31. The Morgan fingerprint density at radius 1 is 1.18 bits per heavy atom. The first-order valence-corrected chi connectivity index (χ1v) is 9.23. The maximum atomic E-state index is 12.6. The molecule has 3 aromatic rings. The first-order chi connectivity index (χ1) is 13.6. The number of nitrogens with zero attached hydrogens (tertiary/aromatic N) is 6. The lowest BCUT2D eigenvalue weighted by molar-refractivity contribution is 0.166. The number of tetrazole rings is 1. The molecule has 4 rings (SSSR count). The molecule has 2 amide bonds. The number of likely N-dealkylation sites (N-methyl/N-ethyl adjacent to an activating group) is 2. The number of amides is 2. The average Bonchev–Trinajstić information content (AvgIpc) is 3.24. The third kappa shape index (κ3) is 3.86. The van der Waals surface area contributed by atoms with Gasteiger partial charge < -0.3 is 10.2 Å². The summed E-state index contributed by atoms with van der Waals surface area (Å²) in [6.07, 6.45) is 2.48. The number of carbonyl (C=O) groups excluding carboxylic acids is 1. The zero-order chi connectivity index (χ0) is 19.5. The van der Waals surface area contributed by atoms with Gasteiger partial charge in [0.2, 0.25) is 0 Å². The highest BCUT2D eigenvalue weighted by Crippen LogP contribution is 2.22. The van der Waals surface area contributed by atoms with Crippen molar-refractivity contribution >= 4 is 11.7 Å². The van der Waals surface area contributed by atoms with E-state index in [9.17, 15) is 4.79 Å². The highest BCUT2D eigenvalue weighted by Gasteiger charge is 2.25. The maximum Gasteiger partial charge on any atom is 0.321 e. The van der Waals surface area contributed by atoms with E-state index in [4.69, 9.17) is 0 Å². The fourth-order valence-electron chi connectivity index (χ4n) is 3.52. The van der Waals surface area contributed by atoms with E-state index < -0.39 is 0 Å². The second-order valence-electron chi connectivity index (χ2n) is 7.15. The molecule has 1 N–H and O–H groups in total. The third-order valence-corrected chi connectivity index (χ3v) is 5.18. The van der Waals surface area contributed by atoms with Crippen LogP contribution in [0.3, 0.4) is 0 Å². The first-order valence-electron chi connectivity index (χ1n) is 9.23. The zero-order valence-corrected chi connectivity index (χ0v) is 16.0. The molecule has 1 aliphatic heterocycles. The van der Waals surface area contributed by atoms with E-state index in [-0.39, 0.29) is 6.03 Å². The molecule has 1 atom stereocenters. The molecule has 144 valence electrons. The van der Waals surface area contributed by atoms with E-state index in [0.717, 1.165) is 24.3 Å². The van der Waals surface area contributed by atoms with Crippen molar-refractivity contribution in [3.8, 4) is 5.69 Å². The molecule has 0 spiro atoms. The molecule has 8 nitrogen and oxygen atoms in total. The van der Waals surface area contributed by atoms with E-state index in [1.807, 2.05) is 31.3 Å². The average molecular weight is 377 g/mol. The molecule has 8 heteroatoms. The topological polar surface area (TPSA) is 79.2 Å². The summed E-state index contributed by atoms with van der Waals surface area (Å²) in [5.74, 6) is 0. The van der Waals surface area contributed by atoms with E-state index in [1.54, 1.807) is 9.58 Å². The van der Waals surface area contributed by atoms with Crippen LogP contribution in [-0.2, 0) is 13.0 Å². The number of hydrogen-bond acceptors (Lipinski definition) is 5. The lowest BCUT2D eigenvalue weighted by Gasteiger charge is -2.36. The Balaban J connectivity index is 1.36. The molecule has 0 saturated heterocycles. The summed E-state index contributed by atoms with van der Waals surface area (Å²) in [6, 6.07) is 16.1. The van der Waals surface area contributed by atoms with Crippen LogP contribution in [0.5, 0.6) is 0 Å². The summed E-state index contributed by atoms with van der Waals surface area (Å²) in [6.45, 7) is 1.58. The normalized spacial score (nSPS) is 16.4. The van der Waals surface area contributed by atoms with Gasteiger partial charge in [0.1, 0.15) is 6.33 Å². The molecule has 0 unspecified atom stereocenters. The van der Waals surface area contributed by atoms with Crippen LogP contribution < -0.4 is 5.32 Å². The first kappa shape index (κ1) is 18.1. The Morgan fingerprint density at radius 3 is 2.64 bits per heavy atom. The predicted octanol–water partition coefficient (Wildman–Crippen LogP) is 2.18. The van der Waals surface area contributed by atoms with Crippen molar-refractivity contribution < 1.29 is 4.79 Å². The van der Waals surface area contributed by atoms with Crippen LogP contribution in [0.1, 0.15) is 11.1 Å². The molecule has 2 heterocycles. The smallest absolute Gasteiger partial charge is 0.321 e. The molecule has 0 saturated carbocycles. The molecule has 1 aliphatic rings. The van der Waals surface area contributed by atoms with Crippen molar-refractivity contribution in [2.45, 2.75) is 19.0 Å². The fourth-order valence-corrected chi connectivity index (χ4v) is 3.52. The number of anilines is 1. The monoisotopic (exact) mass is 377 g/mol. The van der Waals surface area contributed by atoms with Gasteiger partial charge in [0, 0.05) is 31.9 Å². The summed E-state index contributed by atoms with van der Waals surface area (Å²) < 4.78 is 1.56. The van der Waals surface area contributed by atoms with Crippen molar-refractivity contribution in [1.29, 1.82) is 0 Å². The Morgan fingerprint density at radius 2 is 1.93 bits per heavy atom. The number of rotatable bonds is 4. The lowest BCUT2D eigenvalue weighted by Crippen LogP contribution is -2.47. The third-order valence-electron chi connectivity index (χ3n) is 5.18. The molecule has 0 bridgehead atoms. The van der Waals surface area contributed by atoms with Gasteiger partial charge in [0.05, 0.1) is 5.69 Å². The number of nitrogens with one attached hydrogen (secondary N) is 1. The number of aromatic nitrogens is 4. The highest BCUT2D eigenvalue weighted by molar-refractivity contribution is 5.89. The van der Waals surface area contributed by atoms with Gasteiger partial charge in [-0.1, -0.05) is 24.3 Å². The van der Waals surface area contributed by atoms with Gasteiger partial charge in [-0.25, -0.2) is 9.48 Å². The quantitative estimate of drug-likeness (QED) is 0.754. The zero-order valence-electron chi connectivity index (χ0n) is 16.0. The van der Waals surface area contributed by atoms with Gasteiger partial charge in [-0.15, -0.1) is 5.10 Å². The van der Waals surface area contributed by atoms with Crippen LogP contribution in [-0.4, -0.2) is 62.7 Å². The van der Waals surface area contributed by atoms with E-state index >= 15 is 0 Å². The Kier molecular flexibility index (Phi) is 5.03. The Bertz CT molecular complexity index is 939. The Hall–Kier alpha value is -3.26. The van der Waals surface area contributed by atoms with Crippen LogP contribution in [0.15, 0.2) is 54.9 Å². The summed E-state index contributed by atoms with van der Waals surface area (Å²) in [4.78, 5) is 16.7. The van der Waals surface area contributed by atoms with Crippen LogP contribution >= 0.6 is 0 Å². The molecule has 0 radical (unpaired) electrons. The fraction of sp³-hybridized carbons (Fsp3) is 0.300. The molecule has 0 aliphatic carbocycles. The van der Waals surface area contributed by atoms with E-state index in [0.29, 0.717) is 12.6 Å². The lowest BCUT2D eigenvalue weighted by atomic mass is 9.94. The largest absolute Gasteiger partial charge is 0.326 e. The van der Waals surface area contributed by atoms with Gasteiger partial charge in [0.15, 0.2) is 0 Å². The number of carbonyl (C=O) groups is 1. The second kappa shape index (κ2) is 7.77. The molecular formula is C20H23N7O. The summed E-state index contributed by atoms with van der Waals surface area (Å²) in [7, 11) is 3.95. The standard InChI is InChI=1S/C20H23N7O/c1-25-12-16-6-4-3-5-15(16)11-19(25)13-26(2)20(28)22-17-7-9-18(10-8-17)27-14-21-23-24-27/h3-10,14,19H,11-13H2,1-2H3,(H,22,28)/t19-/m1/s1. The molecular weight excluding hydrogens is 354 g/mol. The van der Waals surface area contributed by atoms with Crippen LogP contribution in [0.4, 0.5) is 10.5 Å². The number of hydrogen-bond donors (Lipinski definition) is 1. The van der Waals surface area contributed by atoms with E-state index in [1.165, 1.54) is 17.5 Å². The molecule has 2 aromatic carbocycles. The van der Waals surface area contributed by atoms with Crippen molar-refractivity contribution in [3.05, 3.63) is 66.0 Å². The summed E-state index contributed by atoms with van der Waals surface area (Å²) >= 11 is 0. The van der Waals surface area contributed by atoms with Gasteiger partial charge >= 0.3 is 6.03 Å². The van der Waals surface area contributed by atoms with Crippen LogP contribution in [0.25, 0.3) is 5.69 Å². The van der Waals surface area contributed by atoms with E-state index in [2.05, 4.69) is 57.1 Å². The minimum absolute atomic E-state index is 0.123. The SMILES string of the molecule is CN(C[C@H]1Cc2ccccc2CN1C)C(=O)Nc1ccc(-n2cnnn2)cc1. The van der Waals surface area contributed by atoms with Gasteiger partial charge in [-0.2, -0.15) is 0 Å². The Labute approximate surface area is 163 Å². The minimum Gasteiger partial charge on any atom is -0.326 e. The highest BCUT2D eigenvalue weighted by atomic mass is 16.2. The maximum absolute atomic E-state index is 12.6. The van der Waals surface area contributed by atoms with Crippen LogP contribution in [0, 0.1) is 0 Å². The predicted molar refractivity (Wildman–Crippen MR) is 106 cm³/mol. The van der Waals surface area contributed by atoms with Gasteiger partial charge in [-0.05, 0) is 59.3 Å². The minimum atomic E-state index is -0.123. The number of benzene rings is 2. The van der Waals surface area contributed by atoms with Gasteiger partial charge in [0.25, 0.3) is 0 Å².